The summed E-state index contributed by atoms with van der Waals surface area (Å²) < 4.78 is 30.1. The summed E-state index contributed by atoms with van der Waals surface area (Å²) in [5, 5.41) is 2.90. The molecule has 2 fully saturated rings. The molecule has 29 heavy (non-hydrogen) atoms. The second kappa shape index (κ2) is 7.25. The molecule has 2 atom stereocenters. The number of amides is 2. The Kier molecular flexibility index (Phi) is 4.83. The number of benzene rings is 1. The summed E-state index contributed by atoms with van der Waals surface area (Å²) in [6, 6.07) is 2.39. The molecule has 5 rings (SSSR count). The molecular formula is C21H30N4O3S. The SMILES string of the molecule is CN1C2CCC1CC(NS(=O)(=O)NC(=O)Nc1c3c(cc4c1CCC4)CCC3)C2. The van der Waals surface area contributed by atoms with E-state index in [2.05, 4.69) is 32.8 Å². The zero-order chi connectivity index (χ0) is 20.2. The first-order chi connectivity index (χ1) is 13.9. The van der Waals surface area contributed by atoms with Gasteiger partial charge in [-0.3, -0.25) is 0 Å². The maximum absolute atomic E-state index is 12.6. The van der Waals surface area contributed by atoms with Gasteiger partial charge in [0.2, 0.25) is 0 Å². The van der Waals surface area contributed by atoms with Crippen molar-refractivity contribution >= 4 is 21.9 Å². The number of nitrogens with one attached hydrogen (secondary N) is 3. The minimum Gasteiger partial charge on any atom is -0.307 e. The number of hydrogen-bond donors (Lipinski definition) is 3. The van der Waals surface area contributed by atoms with Crippen molar-refractivity contribution in [3.63, 3.8) is 0 Å². The number of urea groups is 1. The molecule has 1 aromatic carbocycles. The van der Waals surface area contributed by atoms with Gasteiger partial charge in [0.15, 0.2) is 0 Å². The first-order valence-electron chi connectivity index (χ1n) is 10.9. The second-order valence-electron chi connectivity index (χ2n) is 9.13. The molecule has 2 amide bonds. The third-order valence-corrected chi connectivity index (χ3v) is 8.46. The number of carbonyl (C=O) groups excluding carboxylic acids is 1. The first-order valence-corrected chi connectivity index (χ1v) is 12.4. The van der Waals surface area contributed by atoms with Crippen LogP contribution in [0.5, 0.6) is 0 Å². The smallest absolute Gasteiger partial charge is 0.307 e. The van der Waals surface area contributed by atoms with Crippen LogP contribution in [0, 0.1) is 0 Å². The Hall–Kier alpha value is -1.64. The predicted octanol–water partition coefficient (Wildman–Crippen LogP) is 2.25. The van der Waals surface area contributed by atoms with Crippen molar-refractivity contribution in [2.45, 2.75) is 82.3 Å². The van der Waals surface area contributed by atoms with Crippen molar-refractivity contribution in [2.24, 2.45) is 0 Å². The number of carbonyl (C=O) groups is 1. The van der Waals surface area contributed by atoms with Gasteiger partial charge in [-0.15, -0.1) is 0 Å². The number of fused-ring (bicyclic) bond motifs is 4. The molecule has 1 aromatic rings. The highest BCUT2D eigenvalue weighted by molar-refractivity contribution is 7.88. The van der Waals surface area contributed by atoms with Crippen LogP contribution in [0.3, 0.4) is 0 Å². The van der Waals surface area contributed by atoms with Gasteiger partial charge in [0.25, 0.3) is 0 Å². The Morgan fingerprint density at radius 2 is 1.59 bits per heavy atom. The minimum absolute atomic E-state index is 0.112. The average molecular weight is 419 g/mol. The Morgan fingerprint density at radius 1 is 1.00 bits per heavy atom. The molecule has 158 valence electrons. The average Bonchev–Trinajstić information content (AvgIpc) is 3.33. The zero-order valence-corrected chi connectivity index (χ0v) is 17.8. The van der Waals surface area contributed by atoms with Crippen LogP contribution in [-0.2, 0) is 35.9 Å². The van der Waals surface area contributed by atoms with Crippen molar-refractivity contribution in [3.05, 3.63) is 28.3 Å². The van der Waals surface area contributed by atoms with Gasteiger partial charge in [-0.1, -0.05) is 6.07 Å². The highest BCUT2D eigenvalue weighted by Gasteiger charge is 2.39. The van der Waals surface area contributed by atoms with Gasteiger partial charge < -0.3 is 10.2 Å². The van der Waals surface area contributed by atoms with Crippen LogP contribution < -0.4 is 14.8 Å². The Bertz CT molecular complexity index is 899. The zero-order valence-electron chi connectivity index (χ0n) is 17.0. The number of hydrogen-bond acceptors (Lipinski definition) is 4. The van der Waals surface area contributed by atoms with E-state index in [0.717, 1.165) is 69.9 Å². The maximum atomic E-state index is 12.6. The van der Waals surface area contributed by atoms with Crippen molar-refractivity contribution in [1.82, 2.24) is 14.3 Å². The van der Waals surface area contributed by atoms with Gasteiger partial charge in [-0.2, -0.15) is 13.1 Å². The number of anilines is 1. The molecule has 0 saturated carbocycles. The van der Waals surface area contributed by atoms with Gasteiger partial charge in [-0.25, -0.2) is 9.52 Å². The number of aryl methyl sites for hydroxylation is 2. The van der Waals surface area contributed by atoms with E-state index in [1.54, 1.807) is 0 Å². The Balaban J connectivity index is 1.27. The summed E-state index contributed by atoms with van der Waals surface area (Å²) in [7, 11) is -1.78. The predicted molar refractivity (Wildman–Crippen MR) is 112 cm³/mol. The first kappa shape index (κ1) is 19.3. The van der Waals surface area contributed by atoms with E-state index in [1.165, 1.54) is 22.3 Å². The fourth-order valence-electron chi connectivity index (χ4n) is 5.98. The molecule has 2 bridgehead atoms. The standard InChI is InChI=1S/C21H30N4O3S/c1-25-16-8-9-17(25)12-15(11-16)23-29(27,28)24-21(26)22-20-18-6-2-4-13(18)10-14-5-3-7-19(14)20/h10,15-17,23H,2-9,11-12H2,1H3,(H2,22,24,26). The van der Waals surface area contributed by atoms with Crippen LogP contribution in [0.15, 0.2) is 6.07 Å². The molecule has 0 aromatic heterocycles. The van der Waals surface area contributed by atoms with E-state index >= 15 is 0 Å². The van der Waals surface area contributed by atoms with Gasteiger partial charge in [0, 0.05) is 23.8 Å². The molecule has 0 radical (unpaired) electrons. The summed E-state index contributed by atoms with van der Waals surface area (Å²) in [5.41, 5.74) is 5.86. The molecule has 2 aliphatic heterocycles. The topological polar surface area (TPSA) is 90.5 Å². The molecule has 2 aliphatic carbocycles. The number of rotatable bonds is 4. The van der Waals surface area contributed by atoms with Gasteiger partial charge >= 0.3 is 16.2 Å². The van der Waals surface area contributed by atoms with E-state index in [9.17, 15) is 13.2 Å². The largest absolute Gasteiger partial charge is 0.333 e. The monoisotopic (exact) mass is 418 g/mol. The normalized spacial score (nSPS) is 28.2. The van der Waals surface area contributed by atoms with E-state index < -0.39 is 16.2 Å². The number of nitrogens with zero attached hydrogens (tertiary/aromatic N) is 1. The van der Waals surface area contributed by atoms with Crippen LogP contribution in [0.25, 0.3) is 0 Å². The van der Waals surface area contributed by atoms with Gasteiger partial charge in [0.05, 0.1) is 0 Å². The van der Waals surface area contributed by atoms with Crippen LogP contribution in [0.4, 0.5) is 10.5 Å². The molecule has 2 heterocycles. The highest BCUT2D eigenvalue weighted by Crippen LogP contribution is 2.38. The fourth-order valence-corrected chi connectivity index (χ4v) is 6.97. The lowest BCUT2D eigenvalue weighted by Gasteiger charge is -2.36. The quantitative estimate of drug-likeness (QED) is 0.700. The van der Waals surface area contributed by atoms with Gasteiger partial charge in [0.1, 0.15) is 0 Å². The third-order valence-electron chi connectivity index (χ3n) is 7.36. The molecular weight excluding hydrogens is 388 g/mol. The summed E-state index contributed by atoms with van der Waals surface area (Å²) in [6.07, 6.45) is 10.00. The van der Waals surface area contributed by atoms with Crippen molar-refractivity contribution in [1.29, 1.82) is 0 Å². The second-order valence-corrected chi connectivity index (χ2v) is 10.6. The van der Waals surface area contributed by atoms with Crippen LogP contribution in [0.2, 0.25) is 0 Å². The minimum atomic E-state index is -3.90. The van der Waals surface area contributed by atoms with E-state index in [0.29, 0.717) is 12.1 Å². The molecule has 8 heteroatoms. The molecule has 0 spiro atoms. The lowest BCUT2D eigenvalue weighted by Crippen LogP contribution is -2.52. The van der Waals surface area contributed by atoms with Crippen LogP contribution >= 0.6 is 0 Å². The number of piperidine rings is 1. The summed E-state index contributed by atoms with van der Waals surface area (Å²) in [5.74, 6) is 0. The molecule has 2 saturated heterocycles. The third kappa shape index (κ3) is 3.66. The van der Waals surface area contributed by atoms with Crippen molar-refractivity contribution < 1.29 is 13.2 Å². The highest BCUT2D eigenvalue weighted by atomic mass is 32.2. The lowest BCUT2D eigenvalue weighted by atomic mass is 9.99. The molecule has 2 unspecified atom stereocenters. The van der Waals surface area contributed by atoms with Crippen molar-refractivity contribution in [3.8, 4) is 0 Å². The maximum Gasteiger partial charge on any atom is 0.333 e. The molecule has 4 aliphatic rings. The molecule has 3 N–H and O–H groups in total. The lowest BCUT2D eigenvalue weighted by molar-refractivity contribution is 0.157. The van der Waals surface area contributed by atoms with Crippen molar-refractivity contribution in [2.75, 3.05) is 12.4 Å². The molecule has 7 nitrogen and oxygen atoms in total. The van der Waals surface area contributed by atoms with E-state index in [1.807, 2.05) is 0 Å². The van der Waals surface area contributed by atoms with Crippen LogP contribution in [-0.4, -0.2) is 44.5 Å². The van der Waals surface area contributed by atoms with E-state index in [-0.39, 0.29) is 6.04 Å². The van der Waals surface area contributed by atoms with Gasteiger partial charge in [-0.05, 0) is 93.5 Å². The summed E-state index contributed by atoms with van der Waals surface area (Å²) in [4.78, 5) is 15.0. The Morgan fingerprint density at radius 3 is 2.17 bits per heavy atom. The van der Waals surface area contributed by atoms with Crippen LogP contribution in [0.1, 0.15) is 60.8 Å². The van der Waals surface area contributed by atoms with E-state index in [4.69, 9.17) is 0 Å². The fraction of sp³-hybridized carbons (Fsp3) is 0.667. The Labute approximate surface area is 172 Å². The summed E-state index contributed by atoms with van der Waals surface area (Å²) in [6.45, 7) is 0. The summed E-state index contributed by atoms with van der Waals surface area (Å²) >= 11 is 0.